The van der Waals surface area contributed by atoms with Crippen molar-refractivity contribution >= 4 is 17.8 Å². The fourth-order valence-electron chi connectivity index (χ4n) is 5.13. The lowest BCUT2D eigenvalue weighted by Crippen LogP contribution is -2.54. The summed E-state index contributed by atoms with van der Waals surface area (Å²) in [6.07, 6.45) is 8.94. The first-order chi connectivity index (χ1) is 12.6. The Kier molecular flexibility index (Phi) is 4.90. The lowest BCUT2D eigenvalue weighted by Gasteiger charge is -2.43. The smallest absolute Gasteiger partial charge is 0.325 e. The van der Waals surface area contributed by atoms with Crippen LogP contribution in [0.2, 0.25) is 0 Å². The molecule has 4 aliphatic rings. The third-order valence-corrected chi connectivity index (χ3v) is 6.53. The van der Waals surface area contributed by atoms with Gasteiger partial charge in [-0.05, 0) is 32.1 Å². The Hall–Kier alpha value is -1.63. The number of amides is 4. The first-order valence-corrected chi connectivity index (χ1v) is 10.2. The summed E-state index contributed by atoms with van der Waals surface area (Å²) in [5.74, 6) is 0.0407. The highest BCUT2D eigenvalue weighted by molar-refractivity contribution is 6.07. The molecule has 2 atom stereocenters. The molecule has 2 saturated carbocycles. The van der Waals surface area contributed by atoms with E-state index in [0.29, 0.717) is 32.5 Å². The Balaban J connectivity index is 1.29. The minimum absolute atomic E-state index is 0.0915. The van der Waals surface area contributed by atoms with Gasteiger partial charge in [-0.15, -0.1) is 0 Å². The van der Waals surface area contributed by atoms with Crippen molar-refractivity contribution in [1.82, 2.24) is 15.1 Å². The maximum atomic E-state index is 12.7. The molecule has 2 saturated heterocycles. The van der Waals surface area contributed by atoms with Crippen LogP contribution in [0.1, 0.15) is 64.2 Å². The molecule has 4 rings (SSSR count). The Morgan fingerprint density at radius 1 is 1.15 bits per heavy atom. The van der Waals surface area contributed by atoms with Crippen molar-refractivity contribution in [3.05, 3.63) is 0 Å². The maximum Gasteiger partial charge on any atom is 0.325 e. The predicted molar refractivity (Wildman–Crippen MR) is 94.4 cm³/mol. The molecular weight excluding hydrogens is 334 g/mol. The quantitative estimate of drug-likeness (QED) is 0.773. The fourth-order valence-corrected chi connectivity index (χ4v) is 5.13. The van der Waals surface area contributed by atoms with Crippen molar-refractivity contribution in [2.75, 3.05) is 19.7 Å². The Labute approximate surface area is 154 Å². The molecule has 2 aliphatic heterocycles. The highest BCUT2D eigenvalue weighted by atomic mass is 16.5. The molecule has 2 aliphatic carbocycles. The molecule has 0 bridgehead atoms. The summed E-state index contributed by atoms with van der Waals surface area (Å²) in [6, 6.07) is -0.0773. The Morgan fingerprint density at radius 3 is 2.73 bits per heavy atom. The molecule has 26 heavy (non-hydrogen) atoms. The van der Waals surface area contributed by atoms with Crippen LogP contribution in [0.25, 0.3) is 0 Å². The van der Waals surface area contributed by atoms with Crippen molar-refractivity contribution in [3.63, 3.8) is 0 Å². The molecule has 2 unspecified atom stereocenters. The largest absolute Gasteiger partial charge is 0.374 e. The van der Waals surface area contributed by atoms with Gasteiger partial charge >= 0.3 is 6.03 Å². The van der Waals surface area contributed by atoms with Gasteiger partial charge in [0.05, 0.1) is 18.8 Å². The maximum absolute atomic E-state index is 12.7. The van der Waals surface area contributed by atoms with Crippen molar-refractivity contribution in [3.8, 4) is 0 Å². The van der Waals surface area contributed by atoms with Gasteiger partial charge in [0.2, 0.25) is 5.91 Å². The zero-order valence-electron chi connectivity index (χ0n) is 15.4. The van der Waals surface area contributed by atoms with E-state index < -0.39 is 5.54 Å². The molecule has 0 radical (unpaired) electrons. The van der Waals surface area contributed by atoms with Crippen molar-refractivity contribution in [2.24, 2.45) is 0 Å². The summed E-state index contributed by atoms with van der Waals surface area (Å²) in [7, 11) is 0. The van der Waals surface area contributed by atoms with Crippen LogP contribution < -0.4 is 5.32 Å². The molecule has 1 N–H and O–H groups in total. The average molecular weight is 363 g/mol. The second-order valence-corrected chi connectivity index (χ2v) is 8.13. The number of hydrogen-bond acceptors (Lipinski definition) is 4. The number of urea groups is 1. The topological polar surface area (TPSA) is 79.0 Å². The summed E-state index contributed by atoms with van der Waals surface area (Å²) in [4.78, 5) is 40.8. The first kappa shape index (κ1) is 17.8. The predicted octanol–water partition coefficient (Wildman–Crippen LogP) is 1.80. The van der Waals surface area contributed by atoms with Gasteiger partial charge in [0.25, 0.3) is 5.91 Å². The Bertz CT molecular complexity index is 585. The highest BCUT2D eigenvalue weighted by Crippen LogP contribution is 2.35. The monoisotopic (exact) mass is 363 g/mol. The van der Waals surface area contributed by atoms with Gasteiger partial charge in [-0.3, -0.25) is 14.5 Å². The molecule has 7 nitrogen and oxygen atoms in total. The number of rotatable bonds is 4. The second kappa shape index (κ2) is 7.18. The molecule has 0 aromatic rings. The van der Waals surface area contributed by atoms with Gasteiger partial charge < -0.3 is 15.0 Å². The normalized spacial score (nSPS) is 30.6. The first-order valence-electron chi connectivity index (χ1n) is 10.2. The fraction of sp³-hybridized carbons (Fsp3) is 0.842. The number of morpholine rings is 1. The van der Waals surface area contributed by atoms with Crippen LogP contribution in [0.15, 0.2) is 0 Å². The molecule has 4 amide bonds. The summed E-state index contributed by atoms with van der Waals surface area (Å²) in [5, 5.41) is 2.89. The number of nitrogens with zero attached hydrogens (tertiary/aromatic N) is 2. The van der Waals surface area contributed by atoms with Crippen molar-refractivity contribution in [1.29, 1.82) is 0 Å². The molecule has 1 spiro atoms. The van der Waals surface area contributed by atoms with Gasteiger partial charge in [-0.1, -0.05) is 25.7 Å². The van der Waals surface area contributed by atoms with Crippen LogP contribution in [-0.2, 0) is 14.3 Å². The van der Waals surface area contributed by atoms with Crippen LogP contribution in [0, 0.1) is 0 Å². The summed E-state index contributed by atoms with van der Waals surface area (Å²) >= 11 is 0. The molecule has 4 fully saturated rings. The summed E-state index contributed by atoms with van der Waals surface area (Å²) < 4.78 is 5.83. The van der Waals surface area contributed by atoms with Gasteiger partial charge in [0, 0.05) is 19.5 Å². The molecule has 2 heterocycles. The Morgan fingerprint density at radius 2 is 1.92 bits per heavy atom. The third-order valence-electron chi connectivity index (χ3n) is 6.53. The van der Waals surface area contributed by atoms with E-state index in [1.54, 1.807) is 0 Å². The minimum atomic E-state index is -0.652. The highest BCUT2D eigenvalue weighted by Gasteiger charge is 2.52. The van der Waals surface area contributed by atoms with E-state index in [2.05, 4.69) is 5.32 Å². The molecular formula is C19H29N3O4. The standard InChI is InChI=1S/C19H29N3O4/c23-16(21-12-13-26-15-7-2-1-6-14(15)21)8-5-11-22-17(24)19(20-18(22)25)9-3-4-10-19/h14-15H,1-13H2,(H,20,25). The van der Waals surface area contributed by atoms with E-state index in [-0.39, 0.29) is 30.0 Å². The van der Waals surface area contributed by atoms with Crippen LogP contribution in [-0.4, -0.2) is 65.0 Å². The van der Waals surface area contributed by atoms with Crippen molar-refractivity contribution in [2.45, 2.75) is 81.9 Å². The van der Waals surface area contributed by atoms with E-state index in [0.717, 1.165) is 44.9 Å². The zero-order valence-corrected chi connectivity index (χ0v) is 15.4. The number of carbonyl (C=O) groups excluding carboxylic acids is 3. The molecule has 0 aromatic carbocycles. The van der Waals surface area contributed by atoms with E-state index in [1.807, 2.05) is 4.90 Å². The van der Waals surface area contributed by atoms with E-state index in [9.17, 15) is 14.4 Å². The van der Waals surface area contributed by atoms with Gasteiger partial charge in [0.15, 0.2) is 0 Å². The number of carbonyl (C=O) groups is 3. The molecule has 144 valence electrons. The van der Waals surface area contributed by atoms with Gasteiger partial charge in [0.1, 0.15) is 5.54 Å². The lowest BCUT2D eigenvalue weighted by atomic mass is 9.90. The second-order valence-electron chi connectivity index (χ2n) is 8.13. The molecule has 0 aromatic heterocycles. The van der Waals surface area contributed by atoms with Crippen LogP contribution in [0.3, 0.4) is 0 Å². The van der Waals surface area contributed by atoms with Crippen LogP contribution >= 0.6 is 0 Å². The van der Waals surface area contributed by atoms with Crippen molar-refractivity contribution < 1.29 is 19.1 Å². The molecule has 7 heteroatoms. The van der Waals surface area contributed by atoms with E-state index in [4.69, 9.17) is 4.74 Å². The van der Waals surface area contributed by atoms with E-state index >= 15 is 0 Å². The number of hydrogen-bond donors (Lipinski definition) is 1. The SMILES string of the molecule is O=C1NC2(CCCC2)C(=O)N1CCCC(=O)N1CCOC2CCCCC21. The summed E-state index contributed by atoms with van der Waals surface area (Å²) in [5.41, 5.74) is -0.652. The number of imide groups is 1. The minimum Gasteiger partial charge on any atom is -0.374 e. The number of ether oxygens (including phenoxy) is 1. The van der Waals surface area contributed by atoms with E-state index in [1.165, 1.54) is 11.3 Å². The number of fused-ring (bicyclic) bond motifs is 1. The zero-order chi connectivity index (χ0) is 18.1. The summed E-state index contributed by atoms with van der Waals surface area (Å²) in [6.45, 7) is 1.60. The van der Waals surface area contributed by atoms with Crippen LogP contribution in [0.5, 0.6) is 0 Å². The van der Waals surface area contributed by atoms with Crippen LogP contribution in [0.4, 0.5) is 4.79 Å². The number of nitrogens with one attached hydrogen (secondary N) is 1. The lowest BCUT2D eigenvalue weighted by molar-refractivity contribution is -0.149. The van der Waals surface area contributed by atoms with Gasteiger partial charge in [-0.2, -0.15) is 0 Å². The van der Waals surface area contributed by atoms with Gasteiger partial charge in [-0.25, -0.2) is 4.79 Å². The average Bonchev–Trinajstić information content (AvgIpc) is 3.21. The third kappa shape index (κ3) is 3.10.